The Kier molecular flexibility index (Phi) is 2.74. The molecule has 0 aliphatic rings. The van der Waals surface area contributed by atoms with E-state index < -0.39 is 0 Å². The number of nitrogens with zero attached hydrogens (tertiary/aromatic N) is 2. The van der Waals surface area contributed by atoms with Gasteiger partial charge in [-0.05, 0) is 24.4 Å². The first-order valence-corrected chi connectivity index (χ1v) is 5.28. The molecule has 0 aromatic carbocycles. The Labute approximate surface area is 86.8 Å². The summed E-state index contributed by atoms with van der Waals surface area (Å²) in [6.45, 7) is 2.71. The predicted molar refractivity (Wildman–Crippen MR) is 58.4 cm³/mol. The van der Waals surface area contributed by atoms with Crippen LogP contribution in [-0.4, -0.2) is 9.97 Å². The third kappa shape index (κ3) is 2.29. The van der Waals surface area contributed by atoms with Crippen molar-refractivity contribution >= 4 is 17.2 Å². The lowest BCUT2D eigenvalue weighted by Crippen LogP contribution is -2.00. The summed E-state index contributed by atoms with van der Waals surface area (Å²) in [5.74, 6) is 1.67. The van der Waals surface area contributed by atoms with Gasteiger partial charge in [-0.2, -0.15) is 0 Å². The van der Waals surface area contributed by atoms with E-state index in [0.717, 1.165) is 18.2 Å². The van der Waals surface area contributed by atoms with E-state index in [1.807, 2.05) is 19.1 Å². The van der Waals surface area contributed by atoms with Gasteiger partial charge in [0.05, 0.1) is 6.54 Å². The highest BCUT2D eigenvalue weighted by Crippen LogP contribution is 2.10. The van der Waals surface area contributed by atoms with E-state index in [2.05, 4.69) is 26.7 Å². The quantitative estimate of drug-likeness (QED) is 0.836. The van der Waals surface area contributed by atoms with Crippen molar-refractivity contribution in [1.29, 1.82) is 0 Å². The number of anilines is 1. The van der Waals surface area contributed by atoms with Crippen LogP contribution in [-0.2, 0) is 6.54 Å². The second-order valence-corrected chi connectivity index (χ2v) is 3.95. The van der Waals surface area contributed by atoms with E-state index in [4.69, 9.17) is 0 Å². The molecule has 72 valence electrons. The van der Waals surface area contributed by atoms with Gasteiger partial charge >= 0.3 is 0 Å². The van der Waals surface area contributed by atoms with Crippen LogP contribution < -0.4 is 5.32 Å². The summed E-state index contributed by atoms with van der Waals surface area (Å²) in [4.78, 5) is 9.60. The van der Waals surface area contributed by atoms with Gasteiger partial charge in [0, 0.05) is 11.1 Å². The summed E-state index contributed by atoms with van der Waals surface area (Å²) < 4.78 is 0. The summed E-state index contributed by atoms with van der Waals surface area (Å²) in [6, 6.07) is 6.03. The van der Waals surface area contributed by atoms with Crippen molar-refractivity contribution in [3.8, 4) is 0 Å². The molecule has 2 aromatic heterocycles. The van der Waals surface area contributed by atoms with E-state index in [9.17, 15) is 0 Å². The van der Waals surface area contributed by atoms with E-state index >= 15 is 0 Å². The Hall–Kier alpha value is -1.42. The van der Waals surface area contributed by atoms with Crippen molar-refractivity contribution in [3.05, 3.63) is 40.5 Å². The Balaban J connectivity index is 1.98. The van der Waals surface area contributed by atoms with Gasteiger partial charge < -0.3 is 5.32 Å². The highest BCUT2D eigenvalue weighted by Gasteiger charge is 1.95. The molecule has 0 aliphatic heterocycles. The first kappa shape index (κ1) is 9.15. The molecule has 0 spiro atoms. The Morgan fingerprint density at radius 2 is 2.36 bits per heavy atom. The topological polar surface area (TPSA) is 37.8 Å². The van der Waals surface area contributed by atoms with Crippen molar-refractivity contribution in [3.63, 3.8) is 0 Å². The molecule has 0 radical (unpaired) electrons. The van der Waals surface area contributed by atoms with Gasteiger partial charge in [-0.15, -0.1) is 11.3 Å². The fourth-order valence-corrected chi connectivity index (χ4v) is 1.79. The van der Waals surface area contributed by atoms with E-state index in [1.165, 1.54) is 4.88 Å². The molecule has 0 bridgehead atoms. The molecule has 2 rings (SSSR count). The molecule has 3 nitrogen and oxygen atoms in total. The molecule has 0 amide bonds. The van der Waals surface area contributed by atoms with Gasteiger partial charge in [-0.1, -0.05) is 6.07 Å². The lowest BCUT2D eigenvalue weighted by Gasteiger charge is -2.03. The summed E-state index contributed by atoms with van der Waals surface area (Å²) in [5, 5.41) is 5.32. The first-order valence-electron chi connectivity index (χ1n) is 4.40. The van der Waals surface area contributed by atoms with E-state index in [1.54, 1.807) is 17.5 Å². The molecule has 0 atom stereocenters. The molecular formula is C10H11N3S. The second kappa shape index (κ2) is 4.19. The van der Waals surface area contributed by atoms with Crippen molar-refractivity contribution in [2.75, 3.05) is 5.32 Å². The van der Waals surface area contributed by atoms with Crippen LogP contribution >= 0.6 is 11.3 Å². The molecule has 14 heavy (non-hydrogen) atoms. The molecular weight excluding hydrogens is 194 g/mol. The highest BCUT2D eigenvalue weighted by molar-refractivity contribution is 7.09. The zero-order valence-corrected chi connectivity index (χ0v) is 8.71. The highest BCUT2D eigenvalue weighted by atomic mass is 32.1. The van der Waals surface area contributed by atoms with Crippen LogP contribution in [0.2, 0.25) is 0 Å². The Morgan fingerprint density at radius 3 is 3.07 bits per heavy atom. The number of aryl methyl sites for hydroxylation is 1. The lowest BCUT2D eigenvalue weighted by molar-refractivity contribution is 1.03. The Morgan fingerprint density at radius 1 is 1.43 bits per heavy atom. The fraction of sp³-hybridized carbons (Fsp3) is 0.200. The van der Waals surface area contributed by atoms with Crippen LogP contribution in [0.3, 0.4) is 0 Å². The minimum Gasteiger partial charge on any atom is -0.365 e. The van der Waals surface area contributed by atoms with Crippen LogP contribution in [0.25, 0.3) is 0 Å². The third-order valence-electron chi connectivity index (χ3n) is 1.80. The van der Waals surface area contributed by atoms with Gasteiger partial charge in [0.25, 0.3) is 0 Å². The monoisotopic (exact) mass is 205 g/mol. The molecule has 0 saturated heterocycles. The second-order valence-electron chi connectivity index (χ2n) is 2.92. The minimum absolute atomic E-state index is 0.793. The van der Waals surface area contributed by atoms with Gasteiger partial charge in [-0.3, -0.25) is 0 Å². The fourth-order valence-electron chi connectivity index (χ4n) is 1.15. The zero-order valence-electron chi connectivity index (χ0n) is 7.90. The zero-order chi connectivity index (χ0) is 9.80. The van der Waals surface area contributed by atoms with Gasteiger partial charge in [0.1, 0.15) is 11.6 Å². The average Bonchev–Trinajstić information content (AvgIpc) is 2.67. The first-order chi connectivity index (χ1) is 6.84. The van der Waals surface area contributed by atoms with Crippen LogP contribution in [0.15, 0.2) is 29.8 Å². The molecule has 0 aliphatic carbocycles. The molecule has 1 N–H and O–H groups in total. The standard InChI is InChI=1S/C10H11N3S/c1-8-11-5-4-10(13-8)12-7-9-3-2-6-14-9/h2-6H,7H2,1H3,(H,11,12,13). The van der Waals surface area contributed by atoms with Crippen molar-refractivity contribution in [2.45, 2.75) is 13.5 Å². The van der Waals surface area contributed by atoms with Crippen LogP contribution in [0, 0.1) is 6.92 Å². The number of hydrogen-bond acceptors (Lipinski definition) is 4. The number of hydrogen-bond donors (Lipinski definition) is 1. The summed E-state index contributed by atoms with van der Waals surface area (Å²) >= 11 is 1.74. The molecule has 2 heterocycles. The van der Waals surface area contributed by atoms with E-state index in [0.29, 0.717) is 0 Å². The third-order valence-corrected chi connectivity index (χ3v) is 2.68. The van der Waals surface area contributed by atoms with Crippen LogP contribution in [0.1, 0.15) is 10.7 Å². The number of thiophene rings is 1. The van der Waals surface area contributed by atoms with Gasteiger partial charge in [-0.25, -0.2) is 9.97 Å². The van der Waals surface area contributed by atoms with Gasteiger partial charge in [0.15, 0.2) is 0 Å². The summed E-state index contributed by atoms with van der Waals surface area (Å²) in [7, 11) is 0. The van der Waals surface area contributed by atoms with E-state index in [-0.39, 0.29) is 0 Å². The summed E-state index contributed by atoms with van der Waals surface area (Å²) in [6.07, 6.45) is 1.76. The predicted octanol–water partition coefficient (Wildman–Crippen LogP) is 2.46. The maximum atomic E-state index is 4.26. The molecule has 4 heteroatoms. The number of rotatable bonds is 3. The molecule has 0 unspecified atom stereocenters. The lowest BCUT2D eigenvalue weighted by atomic mass is 10.4. The minimum atomic E-state index is 0.793. The van der Waals surface area contributed by atoms with Crippen LogP contribution in [0.4, 0.5) is 5.82 Å². The van der Waals surface area contributed by atoms with Crippen molar-refractivity contribution in [2.24, 2.45) is 0 Å². The SMILES string of the molecule is Cc1nccc(NCc2cccs2)n1. The van der Waals surface area contributed by atoms with Gasteiger partial charge in [0.2, 0.25) is 0 Å². The normalized spacial score (nSPS) is 10.1. The summed E-state index contributed by atoms with van der Waals surface area (Å²) in [5.41, 5.74) is 0. The maximum Gasteiger partial charge on any atom is 0.129 e. The molecule has 0 fully saturated rings. The number of nitrogens with one attached hydrogen (secondary N) is 1. The molecule has 2 aromatic rings. The van der Waals surface area contributed by atoms with Crippen LogP contribution in [0.5, 0.6) is 0 Å². The smallest absolute Gasteiger partial charge is 0.129 e. The van der Waals surface area contributed by atoms with Crippen molar-refractivity contribution < 1.29 is 0 Å². The largest absolute Gasteiger partial charge is 0.365 e. The van der Waals surface area contributed by atoms with Crippen molar-refractivity contribution in [1.82, 2.24) is 9.97 Å². The maximum absolute atomic E-state index is 4.26. The molecule has 0 saturated carbocycles. The average molecular weight is 205 g/mol. The Bertz CT molecular complexity index is 398. The number of aromatic nitrogens is 2.